The van der Waals surface area contributed by atoms with Crippen LogP contribution in [0.5, 0.6) is 0 Å². The number of hydrazone groups is 1. The molecule has 8 nitrogen and oxygen atoms in total. The monoisotopic (exact) mass is 653 g/mol. The molecule has 0 atom stereocenters. The smallest absolute Gasteiger partial charge is 0.393 e. The molecule has 0 spiro atoms. The lowest BCUT2D eigenvalue weighted by Crippen LogP contribution is -2.35. The van der Waals surface area contributed by atoms with E-state index in [2.05, 4.69) is 20.4 Å². The number of halogens is 4. The highest BCUT2D eigenvalue weighted by Crippen LogP contribution is 2.35. The van der Waals surface area contributed by atoms with Crippen LogP contribution >= 0.6 is 22.7 Å². The highest BCUT2D eigenvalue weighted by Gasteiger charge is 2.39. The van der Waals surface area contributed by atoms with Crippen LogP contribution in [0.3, 0.4) is 0 Å². The Morgan fingerprint density at radius 1 is 1.13 bits per heavy atom. The van der Waals surface area contributed by atoms with Gasteiger partial charge in [-0.05, 0) is 62.2 Å². The van der Waals surface area contributed by atoms with E-state index >= 15 is 0 Å². The third-order valence-corrected chi connectivity index (χ3v) is 9.40. The number of nitriles is 1. The van der Waals surface area contributed by atoms with Crippen LogP contribution in [0, 0.1) is 17.1 Å². The van der Waals surface area contributed by atoms with Crippen molar-refractivity contribution in [2.75, 3.05) is 18.5 Å². The summed E-state index contributed by atoms with van der Waals surface area (Å²) >= 11 is 2.29. The van der Waals surface area contributed by atoms with Crippen molar-refractivity contribution in [1.29, 1.82) is 5.26 Å². The maximum Gasteiger partial charge on any atom is 0.435 e. The van der Waals surface area contributed by atoms with Crippen LogP contribution in [0.2, 0.25) is 0 Å². The molecule has 0 bridgehead atoms. The van der Waals surface area contributed by atoms with Crippen molar-refractivity contribution in [3.05, 3.63) is 76.0 Å². The van der Waals surface area contributed by atoms with Gasteiger partial charge in [0.05, 0.1) is 11.8 Å². The molecule has 0 unspecified atom stereocenters. The van der Waals surface area contributed by atoms with E-state index in [1.807, 2.05) is 24.4 Å². The lowest BCUT2D eigenvalue weighted by molar-refractivity contribution is -0.0580. The number of alkyl halides is 3. The minimum atomic E-state index is -4.82. The maximum atomic E-state index is 14.6. The summed E-state index contributed by atoms with van der Waals surface area (Å²) in [5.41, 5.74) is 4.05. The van der Waals surface area contributed by atoms with Gasteiger partial charge in [-0.3, -0.25) is 10.3 Å². The summed E-state index contributed by atoms with van der Waals surface area (Å²) in [5.74, 6) is -0.464. The topological polar surface area (TPSA) is 102 Å². The van der Waals surface area contributed by atoms with Crippen LogP contribution in [0.1, 0.15) is 35.9 Å². The first kappa shape index (κ1) is 30.8. The molecule has 0 amide bonds. The number of nitrogens with zero attached hydrogens (tertiary/aromatic N) is 6. The molecule has 2 N–H and O–H groups in total. The van der Waals surface area contributed by atoms with Crippen LogP contribution in [0.25, 0.3) is 32.7 Å². The van der Waals surface area contributed by atoms with Gasteiger partial charge >= 0.3 is 6.18 Å². The van der Waals surface area contributed by atoms with Crippen molar-refractivity contribution < 1.29 is 22.7 Å². The average Bonchev–Trinajstić information content (AvgIpc) is 3.75. The average molecular weight is 654 g/mol. The molecule has 1 saturated heterocycles. The Bertz CT molecular complexity index is 1900. The van der Waals surface area contributed by atoms with Crippen LogP contribution < -0.4 is 5.43 Å². The summed E-state index contributed by atoms with van der Waals surface area (Å²) in [6.07, 6.45) is -2.20. The Hall–Kier alpha value is -4.16. The Labute approximate surface area is 263 Å². The second-order valence-electron chi connectivity index (χ2n) is 10.6. The van der Waals surface area contributed by atoms with E-state index in [0.717, 1.165) is 43.0 Å². The molecule has 232 valence electrons. The standard InChI is InChI=1S/C31H27F4N7OS2/c1-2-42-16-24(23-13-19(5-8-25(23)42)29-37-21(17-44-29)15-41-11-9-22(43)10-12-41)28(31(33,34)35)39-40-30-38-27(26(14-36)45-30)18-3-6-20(32)7-4-18/h3-8,13,16-17,22,43H,2,9-12,15H2,1H3,(H,38,40)/b39-28-. The van der Waals surface area contributed by atoms with Crippen molar-refractivity contribution in [2.45, 2.75) is 45.1 Å². The molecule has 0 aliphatic carbocycles. The van der Waals surface area contributed by atoms with Gasteiger partial charge < -0.3 is 9.67 Å². The molecular formula is C31H27F4N7OS2. The minimum Gasteiger partial charge on any atom is -0.393 e. The zero-order valence-electron chi connectivity index (χ0n) is 24.0. The zero-order chi connectivity index (χ0) is 31.7. The van der Waals surface area contributed by atoms with Gasteiger partial charge in [0.1, 0.15) is 27.5 Å². The van der Waals surface area contributed by atoms with Crippen LogP contribution in [0.15, 0.2) is 59.1 Å². The number of aryl methyl sites for hydroxylation is 1. The summed E-state index contributed by atoms with van der Waals surface area (Å²) in [7, 11) is 0. The molecule has 2 aromatic carbocycles. The fourth-order valence-electron chi connectivity index (χ4n) is 5.33. The van der Waals surface area contributed by atoms with Gasteiger partial charge in [-0.1, -0.05) is 11.3 Å². The van der Waals surface area contributed by atoms with E-state index in [0.29, 0.717) is 40.1 Å². The van der Waals surface area contributed by atoms with Crippen LogP contribution in [0.4, 0.5) is 22.7 Å². The van der Waals surface area contributed by atoms with Crippen LogP contribution in [-0.4, -0.2) is 55.6 Å². The Kier molecular flexibility index (Phi) is 8.69. The molecule has 6 rings (SSSR count). The van der Waals surface area contributed by atoms with Crippen molar-refractivity contribution in [1.82, 2.24) is 19.4 Å². The molecule has 4 heterocycles. The number of thiazole rings is 2. The fourth-order valence-corrected chi connectivity index (χ4v) is 6.86. The number of hydrogen-bond acceptors (Lipinski definition) is 9. The number of likely N-dealkylation sites (tertiary alicyclic amines) is 1. The highest BCUT2D eigenvalue weighted by atomic mass is 32.1. The van der Waals surface area contributed by atoms with E-state index < -0.39 is 17.7 Å². The Balaban J connectivity index is 1.33. The number of nitrogens with one attached hydrogen (secondary N) is 1. The van der Waals surface area contributed by atoms with Gasteiger partial charge in [0.15, 0.2) is 5.71 Å². The lowest BCUT2D eigenvalue weighted by atomic mass is 10.1. The Morgan fingerprint density at radius 2 is 1.87 bits per heavy atom. The largest absolute Gasteiger partial charge is 0.435 e. The highest BCUT2D eigenvalue weighted by molar-refractivity contribution is 7.16. The molecule has 1 aliphatic rings. The van der Waals surface area contributed by atoms with Gasteiger partial charge in [-0.25, -0.2) is 14.4 Å². The van der Waals surface area contributed by atoms with Crippen molar-refractivity contribution in [2.24, 2.45) is 5.10 Å². The molecule has 3 aromatic heterocycles. The van der Waals surface area contributed by atoms with E-state index in [9.17, 15) is 27.9 Å². The first-order valence-corrected chi connectivity index (χ1v) is 15.9. The number of fused-ring (bicyclic) bond motifs is 1. The summed E-state index contributed by atoms with van der Waals surface area (Å²) < 4.78 is 58.8. The first-order valence-electron chi connectivity index (χ1n) is 14.2. The van der Waals surface area contributed by atoms with Gasteiger partial charge in [-0.2, -0.15) is 23.5 Å². The first-order chi connectivity index (χ1) is 21.6. The third kappa shape index (κ3) is 6.62. The molecule has 1 fully saturated rings. The van der Waals surface area contributed by atoms with E-state index in [4.69, 9.17) is 4.98 Å². The van der Waals surface area contributed by atoms with Gasteiger partial charge in [0.25, 0.3) is 0 Å². The summed E-state index contributed by atoms with van der Waals surface area (Å²) in [4.78, 5) is 11.4. The number of hydrogen-bond donors (Lipinski definition) is 2. The molecule has 0 saturated carbocycles. The predicted molar refractivity (Wildman–Crippen MR) is 168 cm³/mol. The third-order valence-electron chi connectivity index (χ3n) is 7.60. The molecule has 0 radical (unpaired) electrons. The zero-order valence-corrected chi connectivity index (χ0v) is 25.6. The van der Waals surface area contributed by atoms with Gasteiger partial charge in [0, 0.05) is 65.3 Å². The lowest BCUT2D eigenvalue weighted by Gasteiger charge is -2.28. The number of aromatic nitrogens is 3. The molecular weight excluding hydrogens is 627 g/mol. The molecule has 5 aromatic rings. The van der Waals surface area contributed by atoms with Crippen molar-refractivity contribution in [3.8, 4) is 27.9 Å². The van der Waals surface area contributed by atoms with Crippen LogP contribution in [-0.2, 0) is 13.1 Å². The summed E-state index contributed by atoms with van der Waals surface area (Å²) in [6, 6.07) is 12.7. The number of anilines is 1. The van der Waals surface area contributed by atoms with E-state index in [-0.39, 0.29) is 27.4 Å². The van der Waals surface area contributed by atoms with E-state index in [1.165, 1.54) is 41.8 Å². The number of aliphatic hydroxyl groups is 1. The summed E-state index contributed by atoms with van der Waals surface area (Å²) in [6.45, 7) is 4.51. The maximum absolute atomic E-state index is 14.6. The predicted octanol–water partition coefficient (Wildman–Crippen LogP) is 7.25. The molecule has 14 heteroatoms. The normalized spacial score (nSPS) is 15.1. The SMILES string of the molecule is CCn1cc(/C(=N/Nc2nc(-c3ccc(F)cc3)c(C#N)s2)C(F)(F)F)c2cc(-c3nc(CN4CCC(O)CC4)cs3)ccc21. The van der Waals surface area contributed by atoms with E-state index in [1.54, 1.807) is 16.7 Å². The Morgan fingerprint density at radius 3 is 2.56 bits per heavy atom. The van der Waals surface area contributed by atoms with Gasteiger partial charge in [-0.15, -0.1) is 11.3 Å². The second kappa shape index (κ2) is 12.7. The number of rotatable bonds is 8. The van der Waals surface area contributed by atoms with Crippen molar-refractivity contribution in [3.63, 3.8) is 0 Å². The fraction of sp³-hybridized carbons (Fsp3) is 0.290. The second-order valence-corrected chi connectivity index (χ2v) is 12.5. The molecule has 1 aliphatic heterocycles. The van der Waals surface area contributed by atoms with Gasteiger partial charge in [0.2, 0.25) is 5.13 Å². The summed E-state index contributed by atoms with van der Waals surface area (Å²) in [5, 5.41) is 26.2. The minimum absolute atomic E-state index is 0.00827. The molecule has 45 heavy (non-hydrogen) atoms. The van der Waals surface area contributed by atoms with Crippen molar-refractivity contribution >= 4 is 44.4 Å². The number of aliphatic hydroxyl groups excluding tert-OH is 1. The quantitative estimate of drug-likeness (QED) is 0.104. The number of piperidine rings is 1. The number of benzene rings is 2.